The Balaban J connectivity index is 1.34. The van der Waals surface area contributed by atoms with Crippen molar-refractivity contribution in [3.05, 3.63) is 59.7 Å². The molecule has 2 aromatic carbocycles. The molecule has 2 unspecified atom stereocenters. The number of carboxylic acids is 1. The van der Waals surface area contributed by atoms with Crippen molar-refractivity contribution in [1.82, 2.24) is 10.6 Å². The number of alkyl carbamates (subject to hydrolysis) is 1. The van der Waals surface area contributed by atoms with Gasteiger partial charge in [-0.25, -0.2) is 4.79 Å². The molecule has 7 nitrogen and oxygen atoms in total. The van der Waals surface area contributed by atoms with Gasteiger partial charge in [0.05, 0.1) is 5.41 Å². The van der Waals surface area contributed by atoms with Crippen LogP contribution in [0.25, 0.3) is 11.1 Å². The molecule has 3 atom stereocenters. The van der Waals surface area contributed by atoms with Crippen molar-refractivity contribution < 1.29 is 24.2 Å². The van der Waals surface area contributed by atoms with Crippen molar-refractivity contribution in [1.29, 1.82) is 0 Å². The lowest BCUT2D eigenvalue weighted by Crippen LogP contribution is -2.48. The molecule has 0 heterocycles. The van der Waals surface area contributed by atoms with Crippen LogP contribution in [0.5, 0.6) is 0 Å². The lowest BCUT2D eigenvalue weighted by atomic mass is 9.85. The Morgan fingerprint density at radius 1 is 1.09 bits per heavy atom. The quantitative estimate of drug-likeness (QED) is 0.478. The Labute approximate surface area is 206 Å². The largest absolute Gasteiger partial charge is 0.481 e. The molecule has 1 fully saturated rings. The summed E-state index contributed by atoms with van der Waals surface area (Å²) >= 11 is 0. The number of aliphatic carboxylic acids is 1. The fraction of sp³-hybridized carbons (Fsp3) is 0.464. The molecule has 0 aliphatic heterocycles. The average Bonchev–Trinajstić information content (AvgIpc) is 3.36. The molecule has 1 saturated carbocycles. The molecule has 2 aliphatic rings. The first kappa shape index (κ1) is 24.8. The molecule has 0 saturated heterocycles. The van der Waals surface area contributed by atoms with Gasteiger partial charge in [0.1, 0.15) is 6.61 Å². The predicted octanol–water partition coefficient (Wildman–Crippen LogP) is 4.84. The van der Waals surface area contributed by atoms with E-state index in [0.29, 0.717) is 19.3 Å². The summed E-state index contributed by atoms with van der Waals surface area (Å²) in [5, 5.41) is 15.3. The lowest BCUT2D eigenvalue weighted by Gasteiger charge is -2.28. The molecule has 186 valence electrons. The maximum absolute atomic E-state index is 12.7. The molecular formula is C28H34N2O5. The van der Waals surface area contributed by atoms with Gasteiger partial charge in [0.15, 0.2) is 0 Å². The topological polar surface area (TPSA) is 105 Å². The van der Waals surface area contributed by atoms with Crippen molar-refractivity contribution in [3.63, 3.8) is 0 Å². The zero-order chi connectivity index (χ0) is 25.0. The number of hydrogen-bond donors (Lipinski definition) is 3. The minimum Gasteiger partial charge on any atom is -0.481 e. The third-order valence-corrected chi connectivity index (χ3v) is 7.52. The summed E-state index contributed by atoms with van der Waals surface area (Å²) in [7, 11) is 0. The molecule has 0 spiro atoms. The second-order valence-electron chi connectivity index (χ2n) is 9.89. The van der Waals surface area contributed by atoms with E-state index in [2.05, 4.69) is 34.9 Å². The lowest BCUT2D eigenvalue weighted by molar-refractivity contribution is -0.149. The van der Waals surface area contributed by atoms with Crippen molar-refractivity contribution in [3.8, 4) is 11.1 Å². The van der Waals surface area contributed by atoms with Crippen molar-refractivity contribution >= 4 is 18.0 Å². The average molecular weight is 479 g/mol. The highest BCUT2D eigenvalue weighted by molar-refractivity contribution is 5.81. The van der Waals surface area contributed by atoms with Gasteiger partial charge in [0.25, 0.3) is 0 Å². The normalized spacial score (nSPS) is 21.6. The third kappa shape index (κ3) is 5.19. The van der Waals surface area contributed by atoms with E-state index in [4.69, 9.17) is 4.74 Å². The van der Waals surface area contributed by atoms with E-state index >= 15 is 0 Å². The zero-order valence-corrected chi connectivity index (χ0v) is 20.4. The predicted molar refractivity (Wildman–Crippen MR) is 133 cm³/mol. The molecule has 2 aromatic rings. The van der Waals surface area contributed by atoms with E-state index in [1.165, 1.54) is 0 Å². The molecule has 0 bridgehead atoms. The minimum absolute atomic E-state index is 0.0304. The summed E-state index contributed by atoms with van der Waals surface area (Å²) in [6.45, 7) is 3.89. The number of fused-ring (bicyclic) bond motifs is 3. The van der Waals surface area contributed by atoms with Crippen LogP contribution in [0.1, 0.15) is 69.4 Å². The molecule has 35 heavy (non-hydrogen) atoms. The SMILES string of the molecule is CCC[C@H](CC(=O)NC1CCCC1(C)C(=O)O)NC(=O)OCC1c2ccccc2-c2ccccc21. The van der Waals surface area contributed by atoms with E-state index in [-0.39, 0.29) is 30.9 Å². The summed E-state index contributed by atoms with van der Waals surface area (Å²) in [6, 6.07) is 15.5. The monoisotopic (exact) mass is 478 g/mol. The Morgan fingerprint density at radius 3 is 2.31 bits per heavy atom. The van der Waals surface area contributed by atoms with Crippen molar-refractivity contribution in [2.75, 3.05) is 6.61 Å². The highest BCUT2D eigenvalue weighted by Crippen LogP contribution is 2.44. The zero-order valence-electron chi connectivity index (χ0n) is 20.4. The summed E-state index contributed by atoms with van der Waals surface area (Å²) in [5.41, 5.74) is 3.67. The van der Waals surface area contributed by atoms with Gasteiger partial charge < -0.3 is 20.5 Å². The Kier molecular flexibility index (Phi) is 7.43. The van der Waals surface area contributed by atoms with Crippen LogP contribution in [0, 0.1) is 5.41 Å². The van der Waals surface area contributed by atoms with Crippen LogP contribution in [-0.4, -0.2) is 41.8 Å². The van der Waals surface area contributed by atoms with E-state index in [1.54, 1.807) is 6.92 Å². The first-order chi connectivity index (χ1) is 16.8. The third-order valence-electron chi connectivity index (χ3n) is 7.52. The van der Waals surface area contributed by atoms with E-state index in [9.17, 15) is 19.5 Å². The van der Waals surface area contributed by atoms with Gasteiger partial charge in [-0.1, -0.05) is 68.3 Å². The fourth-order valence-electron chi connectivity index (χ4n) is 5.51. The fourth-order valence-corrected chi connectivity index (χ4v) is 5.51. The van der Waals surface area contributed by atoms with Crippen LogP contribution in [0.15, 0.2) is 48.5 Å². The summed E-state index contributed by atoms with van der Waals surface area (Å²) in [6.07, 6.45) is 2.91. The van der Waals surface area contributed by atoms with Gasteiger partial charge in [-0.15, -0.1) is 0 Å². The number of rotatable bonds is 9. The standard InChI is InChI=1S/C28H34N2O5/c1-3-9-18(16-25(31)30-24-14-8-15-28(24,2)26(32)33)29-27(34)35-17-23-21-12-6-4-10-19(21)20-11-5-7-13-22(20)23/h4-7,10-13,18,23-24H,3,8-9,14-17H2,1-2H3,(H,29,34)(H,30,31)(H,32,33)/t18-,24?,28?/m1/s1. The number of benzene rings is 2. The van der Waals surface area contributed by atoms with Crippen LogP contribution in [0.3, 0.4) is 0 Å². The molecule has 0 radical (unpaired) electrons. The van der Waals surface area contributed by atoms with Crippen LogP contribution in [-0.2, 0) is 14.3 Å². The van der Waals surface area contributed by atoms with Gasteiger partial charge in [-0.3, -0.25) is 9.59 Å². The summed E-state index contributed by atoms with van der Waals surface area (Å²) in [4.78, 5) is 37.1. The Hall–Kier alpha value is -3.35. The molecule has 7 heteroatoms. The smallest absolute Gasteiger partial charge is 0.407 e. The highest BCUT2D eigenvalue weighted by Gasteiger charge is 2.46. The summed E-state index contributed by atoms with van der Waals surface area (Å²) < 4.78 is 5.64. The van der Waals surface area contributed by atoms with Crippen LogP contribution < -0.4 is 10.6 Å². The number of carbonyl (C=O) groups is 3. The first-order valence-corrected chi connectivity index (χ1v) is 12.5. The number of carbonyl (C=O) groups excluding carboxylic acids is 2. The molecular weight excluding hydrogens is 444 g/mol. The highest BCUT2D eigenvalue weighted by atomic mass is 16.5. The van der Waals surface area contributed by atoms with Gasteiger partial charge >= 0.3 is 12.1 Å². The molecule has 3 N–H and O–H groups in total. The maximum Gasteiger partial charge on any atom is 0.407 e. The first-order valence-electron chi connectivity index (χ1n) is 12.5. The van der Waals surface area contributed by atoms with Crippen LogP contribution in [0.4, 0.5) is 4.79 Å². The number of nitrogens with one attached hydrogen (secondary N) is 2. The number of ether oxygens (including phenoxy) is 1. The number of amides is 2. The maximum atomic E-state index is 12.7. The molecule has 0 aromatic heterocycles. The van der Waals surface area contributed by atoms with Gasteiger partial charge in [-0.05, 0) is 48.4 Å². The van der Waals surface area contributed by atoms with E-state index in [0.717, 1.165) is 35.1 Å². The molecule has 2 amide bonds. The Morgan fingerprint density at radius 2 is 1.71 bits per heavy atom. The molecule has 2 aliphatic carbocycles. The number of carboxylic acid groups (broad SMARTS) is 1. The molecule has 4 rings (SSSR count). The second kappa shape index (κ2) is 10.5. The van der Waals surface area contributed by atoms with Gasteiger partial charge in [-0.2, -0.15) is 0 Å². The Bertz CT molecular complexity index is 1050. The minimum atomic E-state index is -0.948. The van der Waals surface area contributed by atoms with Gasteiger partial charge in [0.2, 0.25) is 5.91 Å². The van der Waals surface area contributed by atoms with Crippen LogP contribution >= 0.6 is 0 Å². The van der Waals surface area contributed by atoms with E-state index in [1.807, 2.05) is 31.2 Å². The number of hydrogen-bond acceptors (Lipinski definition) is 4. The van der Waals surface area contributed by atoms with Gasteiger partial charge in [0, 0.05) is 24.4 Å². The van der Waals surface area contributed by atoms with E-state index < -0.39 is 23.5 Å². The van der Waals surface area contributed by atoms with Crippen molar-refractivity contribution in [2.24, 2.45) is 5.41 Å². The summed E-state index contributed by atoms with van der Waals surface area (Å²) in [5.74, 6) is -1.17. The second-order valence-corrected chi connectivity index (χ2v) is 9.89. The van der Waals surface area contributed by atoms with Crippen LogP contribution in [0.2, 0.25) is 0 Å². The van der Waals surface area contributed by atoms with Crippen molar-refractivity contribution in [2.45, 2.75) is 70.4 Å².